The zero-order valence-corrected chi connectivity index (χ0v) is 12.9. The molecule has 1 unspecified atom stereocenters. The molecular formula is C13H15ClO6S. The van der Waals surface area contributed by atoms with Crippen molar-refractivity contribution < 1.29 is 27.4 Å². The Balaban J connectivity index is 2.11. The maximum atomic E-state index is 11.8. The second-order valence-corrected chi connectivity index (χ2v) is 7.11. The lowest BCUT2D eigenvalue weighted by Gasteiger charge is -2.11. The minimum atomic E-state index is -3.95. The van der Waals surface area contributed by atoms with Crippen LogP contribution in [-0.4, -0.2) is 40.8 Å². The fourth-order valence-corrected chi connectivity index (χ4v) is 3.07. The first-order chi connectivity index (χ1) is 9.90. The van der Waals surface area contributed by atoms with Crippen LogP contribution in [0, 0.1) is 0 Å². The monoisotopic (exact) mass is 334 g/mol. The van der Waals surface area contributed by atoms with E-state index in [9.17, 15) is 13.2 Å². The first-order valence-electron chi connectivity index (χ1n) is 6.29. The molecule has 0 saturated carbocycles. The number of halogens is 1. The highest BCUT2D eigenvalue weighted by Crippen LogP contribution is 2.28. The molecule has 8 heteroatoms. The number of benzene rings is 1. The SMILES string of the molecule is COc1ccc(CC(=O)OC2CCOC2)cc1S(=O)(=O)Cl. The van der Waals surface area contributed by atoms with E-state index in [4.69, 9.17) is 24.9 Å². The molecule has 1 aliphatic heterocycles. The highest BCUT2D eigenvalue weighted by molar-refractivity contribution is 8.13. The van der Waals surface area contributed by atoms with E-state index < -0.39 is 15.0 Å². The molecule has 116 valence electrons. The van der Waals surface area contributed by atoms with Crippen molar-refractivity contribution in [1.82, 2.24) is 0 Å². The van der Waals surface area contributed by atoms with Gasteiger partial charge in [-0.2, -0.15) is 0 Å². The van der Waals surface area contributed by atoms with Crippen molar-refractivity contribution in [3.05, 3.63) is 23.8 Å². The molecule has 1 aromatic carbocycles. The second kappa shape index (κ2) is 6.64. The summed E-state index contributed by atoms with van der Waals surface area (Å²) in [5, 5.41) is 0. The van der Waals surface area contributed by atoms with Crippen LogP contribution in [0.4, 0.5) is 0 Å². The van der Waals surface area contributed by atoms with E-state index in [1.54, 1.807) is 6.07 Å². The van der Waals surface area contributed by atoms with Gasteiger partial charge in [-0.15, -0.1) is 0 Å². The minimum Gasteiger partial charge on any atom is -0.495 e. The molecule has 21 heavy (non-hydrogen) atoms. The molecule has 0 radical (unpaired) electrons. The van der Waals surface area contributed by atoms with Gasteiger partial charge in [-0.05, 0) is 17.7 Å². The number of esters is 1. The molecule has 0 spiro atoms. The molecule has 1 heterocycles. The zero-order chi connectivity index (χ0) is 15.5. The van der Waals surface area contributed by atoms with Gasteiger partial charge in [0.1, 0.15) is 16.7 Å². The Kier molecular flexibility index (Phi) is 5.08. The largest absolute Gasteiger partial charge is 0.495 e. The van der Waals surface area contributed by atoms with Crippen molar-refractivity contribution in [3.8, 4) is 5.75 Å². The Morgan fingerprint density at radius 2 is 2.24 bits per heavy atom. The maximum Gasteiger partial charge on any atom is 0.310 e. The Morgan fingerprint density at radius 1 is 1.48 bits per heavy atom. The third kappa shape index (κ3) is 4.33. The lowest BCUT2D eigenvalue weighted by molar-refractivity contribution is -0.148. The molecule has 0 amide bonds. The molecular weight excluding hydrogens is 320 g/mol. The molecule has 0 aromatic heterocycles. The van der Waals surface area contributed by atoms with Gasteiger partial charge in [-0.3, -0.25) is 4.79 Å². The number of carbonyl (C=O) groups is 1. The van der Waals surface area contributed by atoms with Crippen LogP contribution in [0.5, 0.6) is 5.75 Å². The van der Waals surface area contributed by atoms with Crippen molar-refractivity contribution in [2.75, 3.05) is 20.3 Å². The smallest absolute Gasteiger partial charge is 0.310 e. The van der Waals surface area contributed by atoms with Crippen LogP contribution in [0.2, 0.25) is 0 Å². The van der Waals surface area contributed by atoms with Gasteiger partial charge in [0.25, 0.3) is 9.05 Å². The summed E-state index contributed by atoms with van der Waals surface area (Å²) < 4.78 is 38.2. The number of methoxy groups -OCH3 is 1. The van der Waals surface area contributed by atoms with E-state index in [0.717, 1.165) is 0 Å². The van der Waals surface area contributed by atoms with Gasteiger partial charge in [0.05, 0.1) is 26.7 Å². The molecule has 0 aliphatic carbocycles. The molecule has 1 aromatic rings. The normalized spacial score (nSPS) is 18.5. The van der Waals surface area contributed by atoms with Crippen molar-refractivity contribution >= 4 is 25.7 Å². The fourth-order valence-electron chi connectivity index (χ4n) is 2.02. The Labute approximate surface area is 127 Å². The Hall–Kier alpha value is -1.31. The maximum absolute atomic E-state index is 11.8. The summed E-state index contributed by atoms with van der Waals surface area (Å²) in [4.78, 5) is 11.6. The number of ether oxygens (including phenoxy) is 3. The van der Waals surface area contributed by atoms with Crippen molar-refractivity contribution in [3.63, 3.8) is 0 Å². The summed E-state index contributed by atoms with van der Waals surface area (Å²) in [6.45, 7) is 0.977. The van der Waals surface area contributed by atoms with E-state index >= 15 is 0 Å². The summed E-state index contributed by atoms with van der Waals surface area (Å²) in [5.74, 6) is -0.306. The average Bonchev–Trinajstić information content (AvgIpc) is 2.90. The Bertz CT molecular complexity index is 622. The van der Waals surface area contributed by atoms with E-state index in [2.05, 4.69) is 0 Å². The van der Waals surface area contributed by atoms with Crippen LogP contribution < -0.4 is 4.74 Å². The van der Waals surface area contributed by atoms with Gasteiger partial charge in [0, 0.05) is 17.1 Å². The van der Waals surface area contributed by atoms with Crippen LogP contribution in [0.1, 0.15) is 12.0 Å². The van der Waals surface area contributed by atoms with E-state index in [-0.39, 0.29) is 23.2 Å². The molecule has 6 nitrogen and oxygen atoms in total. The number of hydrogen-bond donors (Lipinski definition) is 0. The van der Waals surface area contributed by atoms with E-state index in [1.807, 2.05) is 0 Å². The van der Waals surface area contributed by atoms with Gasteiger partial charge in [-0.25, -0.2) is 8.42 Å². The zero-order valence-electron chi connectivity index (χ0n) is 11.4. The highest BCUT2D eigenvalue weighted by Gasteiger charge is 2.21. The number of hydrogen-bond acceptors (Lipinski definition) is 6. The van der Waals surface area contributed by atoms with Gasteiger partial charge < -0.3 is 14.2 Å². The van der Waals surface area contributed by atoms with E-state index in [1.165, 1.54) is 19.2 Å². The molecule has 0 bridgehead atoms. The van der Waals surface area contributed by atoms with Crippen molar-refractivity contribution in [2.24, 2.45) is 0 Å². The summed E-state index contributed by atoms with van der Waals surface area (Å²) in [7, 11) is 2.74. The summed E-state index contributed by atoms with van der Waals surface area (Å²) in [6.07, 6.45) is 0.405. The Morgan fingerprint density at radius 3 is 2.81 bits per heavy atom. The van der Waals surface area contributed by atoms with E-state index in [0.29, 0.717) is 25.2 Å². The van der Waals surface area contributed by atoms with Crippen LogP contribution in [0.3, 0.4) is 0 Å². The molecule has 1 fully saturated rings. The standard InChI is InChI=1S/C13H15ClO6S/c1-18-11-3-2-9(6-12(11)21(14,16)17)7-13(15)20-10-4-5-19-8-10/h2-3,6,10H,4-5,7-8H2,1H3. The van der Waals surface area contributed by atoms with Crippen LogP contribution in [-0.2, 0) is 29.7 Å². The van der Waals surface area contributed by atoms with Crippen molar-refractivity contribution in [1.29, 1.82) is 0 Å². The quantitative estimate of drug-likeness (QED) is 0.599. The van der Waals surface area contributed by atoms with Gasteiger partial charge in [0.2, 0.25) is 0 Å². The van der Waals surface area contributed by atoms with Gasteiger partial charge >= 0.3 is 5.97 Å². The number of rotatable bonds is 5. The third-order valence-corrected chi connectivity index (χ3v) is 4.37. The molecule has 1 saturated heterocycles. The van der Waals surface area contributed by atoms with Gasteiger partial charge in [0.15, 0.2) is 0 Å². The number of carbonyl (C=O) groups excluding carboxylic acids is 1. The predicted molar refractivity (Wildman–Crippen MR) is 75.1 cm³/mol. The summed E-state index contributed by atoms with van der Waals surface area (Å²) in [5.41, 5.74) is 0.485. The highest BCUT2D eigenvalue weighted by atomic mass is 35.7. The van der Waals surface area contributed by atoms with Crippen molar-refractivity contribution in [2.45, 2.75) is 23.8 Å². The topological polar surface area (TPSA) is 78.9 Å². The van der Waals surface area contributed by atoms with Crippen LogP contribution >= 0.6 is 10.7 Å². The first-order valence-corrected chi connectivity index (χ1v) is 8.60. The summed E-state index contributed by atoms with van der Waals surface area (Å²) >= 11 is 0. The molecule has 1 atom stereocenters. The minimum absolute atomic E-state index is 0.0418. The fraction of sp³-hybridized carbons (Fsp3) is 0.462. The molecule has 2 rings (SSSR count). The lowest BCUT2D eigenvalue weighted by atomic mass is 10.1. The van der Waals surface area contributed by atoms with Crippen LogP contribution in [0.25, 0.3) is 0 Å². The molecule has 1 aliphatic rings. The van der Waals surface area contributed by atoms with Crippen LogP contribution in [0.15, 0.2) is 23.1 Å². The second-order valence-electron chi connectivity index (χ2n) is 4.58. The first kappa shape index (κ1) is 16.1. The average molecular weight is 335 g/mol. The molecule has 0 N–H and O–H groups in total. The predicted octanol–water partition coefficient (Wildman–Crippen LogP) is 1.50. The van der Waals surface area contributed by atoms with Gasteiger partial charge in [-0.1, -0.05) is 6.07 Å². The third-order valence-electron chi connectivity index (χ3n) is 3.03. The lowest BCUT2D eigenvalue weighted by Crippen LogP contribution is -2.19. The summed E-state index contributed by atoms with van der Waals surface area (Å²) in [6, 6.07) is 4.36.